The van der Waals surface area contributed by atoms with E-state index in [1.165, 1.54) is 0 Å². The monoisotopic (exact) mass is 358 g/mol. The van der Waals surface area contributed by atoms with Crippen molar-refractivity contribution >= 4 is 11.0 Å². The van der Waals surface area contributed by atoms with Crippen molar-refractivity contribution in [3.05, 3.63) is 95.3 Å². The number of aromatic amines is 1. The van der Waals surface area contributed by atoms with Crippen LogP contribution in [0.3, 0.4) is 0 Å². The standard InChI is InChI=1S/C23H22N2O2/c1-16-18(10-6-12-21(16)27-15-17-8-4-3-5-9-17)22(26-2)20-14-25-23-19(20)11-7-13-24-23/h3-14,22H,15H2,1-2H3,(H,24,25). The van der Waals surface area contributed by atoms with Gasteiger partial charge in [-0.3, -0.25) is 0 Å². The summed E-state index contributed by atoms with van der Waals surface area (Å²) in [5.74, 6) is 0.872. The molecule has 1 N–H and O–H groups in total. The van der Waals surface area contributed by atoms with Crippen molar-refractivity contribution < 1.29 is 9.47 Å². The van der Waals surface area contributed by atoms with Crippen molar-refractivity contribution in [1.29, 1.82) is 0 Å². The Morgan fingerprint density at radius 3 is 2.63 bits per heavy atom. The SMILES string of the molecule is COC(c1cccc(OCc2ccccc2)c1C)c1c[nH]c2ncccc12. The molecule has 0 spiro atoms. The van der Waals surface area contributed by atoms with Crippen LogP contribution in [0.15, 0.2) is 73.1 Å². The molecule has 0 saturated carbocycles. The van der Waals surface area contributed by atoms with Gasteiger partial charge in [0.05, 0.1) is 0 Å². The van der Waals surface area contributed by atoms with E-state index in [-0.39, 0.29) is 6.10 Å². The van der Waals surface area contributed by atoms with Gasteiger partial charge >= 0.3 is 0 Å². The summed E-state index contributed by atoms with van der Waals surface area (Å²) < 4.78 is 12.0. The quantitative estimate of drug-likeness (QED) is 0.516. The first-order valence-corrected chi connectivity index (χ1v) is 8.99. The lowest BCUT2D eigenvalue weighted by Crippen LogP contribution is -2.07. The van der Waals surface area contributed by atoms with Crippen molar-refractivity contribution in [3.63, 3.8) is 0 Å². The van der Waals surface area contributed by atoms with Crippen molar-refractivity contribution in [2.45, 2.75) is 19.6 Å². The summed E-state index contributed by atoms with van der Waals surface area (Å²) >= 11 is 0. The van der Waals surface area contributed by atoms with E-state index in [1.807, 2.05) is 42.6 Å². The summed E-state index contributed by atoms with van der Waals surface area (Å²) in [5.41, 5.74) is 5.26. The number of H-pyrrole nitrogens is 1. The molecule has 0 aliphatic heterocycles. The second-order valence-corrected chi connectivity index (χ2v) is 6.50. The molecule has 0 aliphatic carbocycles. The summed E-state index contributed by atoms with van der Waals surface area (Å²) in [7, 11) is 1.73. The molecule has 27 heavy (non-hydrogen) atoms. The number of rotatable bonds is 6. The molecule has 1 unspecified atom stereocenters. The molecule has 2 heterocycles. The van der Waals surface area contributed by atoms with Gasteiger partial charge in [0.25, 0.3) is 0 Å². The first-order valence-electron chi connectivity index (χ1n) is 8.99. The maximum atomic E-state index is 6.09. The molecule has 4 heteroatoms. The van der Waals surface area contributed by atoms with E-state index in [2.05, 4.69) is 41.2 Å². The zero-order valence-electron chi connectivity index (χ0n) is 15.5. The number of benzene rings is 2. The molecule has 4 aromatic rings. The van der Waals surface area contributed by atoms with E-state index in [4.69, 9.17) is 9.47 Å². The number of fused-ring (bicyclic) bond motifs is 1. The molecule has 1 atom stereocenters. The molecule has 136 valence electrons. The van der Waals surface area contributed by atoms with E-state index in [9.17, 15) is 0 Å². The predicted molar refractivity (Wildman–Crippen MR) is 107 cm³/mol. The van der Waals surface area contributed by atoms with E-state index in [0.29, 0.717) is 6.61 Å². The maximum Gasteiger partial charge on any atom is 0.137 e. The average molecular weight is 358 g/mol. The number of hydrogen-bond donors (Lipinski definition) is 1. The second-order valence-electron chi connectivity index (χ2n) is 6.50. The Morgan fingerprint density at radius 1 is 0.963 bits per heavy atom. The van der Waals surface area contributed by atoms with Gasteiger partial charge in [0, 0.05) is 30.5 Å². The number of aromatic nitrogens is 2. The van der Waals surface area contributed by atoms with E-state index >= 15 is 0 Å². The fourth-order valence-electron chi connectivity index (χ4n) is 3.42. The minimum atomic E-state index is -0.191. The predicted octanol–water partition coefficient (Wildman–Crippen LogP) is 5.19. The number of ether oxygens (including phenoxy) is 2. The van der Waals surface area contributed by atoms with E-state index in [1.54, 1.807) is 13.3 Å². The molecule has 2 aromatic carbocycles. The van der Waals surface area contributed by atoms with Gasteiger partial charge in [-0.05, 0) is 41.8 Å². The molecule has 0 fully saturated rings. The number of pyridine rings is 1. The number of methoxy groups -OCH3 is 1. The topological polar surface area (TPSA) is 47.1 Å². The first kappa shape index (κ1) is 17.3. The maximum absolute atomic E-state index is 6.09. The summed E-state index contributed by atoms with van der Waals surface area (Å²) in [6.07, 6.45) is 3.57. The summed E-state index contributed by atoms with van der Waals surface area (Å²) in [4.78, 5) is 7.61. The molecular weight excluding hydrogens is 336 g/mol. The number of nitrogens with zero attached hydrogens (tertiary/aromatic N) is 1. The van der Waals surface area contributed by atoms with Crippen LogP contribution in [0.1, 0.15) is 28.4 Å². The fraction of sp³-hybridized carbons (Fsp3) is 0.174. The van der Waals surface area contributed by atoms with Gasteiger partial charge < -0.3 is 14.5 Å². The largest absolute Gasteiger partial charge is 0.489 e. The molecular formula is C23H22N2O2. The minimum absolute atomic E-state index is 0.191. The normalized spacial score (nSPS) is 12.2. The molecule has 0 aliphatic rings. The Labute approximate surface area is 158 Å². The highest BCUT2D eigenvalue weighted by Gasteiger charge is 2.21. The lowest BCUT2D eigenvalue weighted by Gasteiger charge is -2.20. The van der Waals surface area contributed by atoms with Gasteiger partial charge in [-0.25, -0.2) is 4.98 Å². The smallest absolute Gasteiger partial charge is 0.137 e. The molecule has 2 aromatic heterocycles. The molecule has 4 nitrogen and oxygen atoms in total. The molecule has 0 saturated heterocycles. The van der Waals surface area contributed by atoms with Crippen LogP contribution in [0.25, 0.3) is 11.0 Å². The van der Waals surface area contributed by atoms with Crippen molar-refractivity contribution in [2.24, 2.45) is 0 Å². The van der Waals surface area contributed by atoms with Gasteiger partial charge in [-0.1, -0.05) is 42.5 Å². The third kappa shape index (κ3) is 3.44. The highest BCUT2D eigenvalue weighted by atomic mass is 16.5. The lowest BCUT2D eigenvalue weighted by molar-refractivity contribution is 0.136. The van der Waals surface area contributed by atoms with Gasteiger partial charge in [-0.2, -0.15) is 0 Å². The Hall–Kier alpha value is -3.11. The number of nitrogens with one attached hydrogen (secondary N) is 1. The van der Waals surface area contributed by atoms with Gasteiger partial charge in [0.1, 0.15) is 24.1 Å². The van der Waals surface area contributed by atoms with Crippen LogP contribution in [0.5, 0.6) is 5.75 Å². The van der Waals surface area contributed by atoms with Crippen molar-refractivity contribution in [1.82, 2.24) is 9.97 Å². The van der Waals surface area contributed by atoms with E-state index in [0.717, 1.165) is 39.0 Å². The van der Waals surface area contributed by atoms with Crippen LogP contribution in [0.4, 0.5) is 0 Å². The van der Waals surface area contributed by atoms with Crippen LogP contribution < -0.4 is 4.74 Å². The Morgan fingerprint density at radius 2 is 1.81 bits per heavy atom. The Bertz CT molecular complexity index is 1040. The fourth-order valence-corrected chi connectivity index (χ4v) is 3.42. The molecule has 4 rings (SSSR count). The second kappa shape index (κ2) is 7.64. The van der Waals surface area contributed by atoms with Gasteiger partial charge in [-0.15, -0.1) is 0 Å². The zero-order chi connectivity index (χ0) is 18.6. The van der Waals surface area contributed by atoms with E-state index < -0.39 is 0 Å². The minimum Gasteiger partial charge on any atom is -0.489 e. The highest BCUT2D eigenvalue weighted by molar-refractivity contribution is 5.80. The third-order valence-corrected chi connectivity index (χ3v) is 4.85. The van der Waals surface area contributed by atoms with Crippen LogP contribution in [-0.4, -0.2) is 17.1 Å². The molecule has 0 amide bonds. The molecule has 0 radical (unpaired) electrons. The van der Waals surface area contributed by atoms with Gasteiger partial charge in [0.15, 0.2) is 0 Å². The van der Waals surface area contributed by atoms with Crippen LogP contribution in [0, 0.1) is 6.92 Å². The van der Waals surface area contributed by atoms with Crippen molar-refractivity contribution in [3.8, 4) is 5.75 Å². The number of hydrogen-bond acceptors (Lipinski definition) is 3. The van der Waals surface area contributed by atoms with Crippen LogP contribution >= 0.6 is 0 Å². The summed E-state index contributed by atoms with van der Waals surface area (Å²) in [6, 6.07) is 20.3. The average Bonchev–Trinajstić information content (AvgIpc) is 3.14. The third-order valence-electron chi connectivity index (χ3n) is 4.85. The van der Waals surface area contributed by atoms with Crippen molar-refractivity contribution in [2.75, 3.05) is 7.11 Å². The zero-order valence-corrected chi connectivity index (χ0v) is 15.5. The summed E-state index contributed by atoms with van der Waals surface area (Å²) in [6.45, 7) is 2.62. The Kier molecular flexibility index (Phi) is 4.90. The summed E-state index contributed by atoms with van der Waals surface area (Å²) in [5, 5.41) is 1.07. The lowest BCUT2D eigenvalue weighted by atomic mass is 9.97. The van der Waals surface area contributed by atoms with Gasteiger partial charge in [0.2, 0.25) is 0 Å². The van der Waals surface area contributed by atoms with Crippen LogP contribution in [0.2, 0.25) is 0 Å². The molecule has 0 bridgehead atoms. The highest BCUT2D eigenvalue weighted by Crippen LogP contribution is 2.35. The Balaban J connectivity index is 1.66. The first-order chi connectivity index (χ1) is 13.3. The van der Waals surface area contributed by atoms with Crippen LogP contribution in [-0.2, 0) is 11.3 Å².